The van der Waals surface area contributed by atoms with Crippen LogP contribution in [-0.4, -0.2) is 22.2 Å². The van der Waals surface area contributed by atoms with Gasteiger partial charge in [-0.1, -0.05) is 213 Å². The molecule has 0 aliphatic heterocycles. The van der Waals surface area contributed by atoms with Crippen LogP contribution in [0.5, 0.6) is 0 Å². The van der Waals surface area contributed by atoms with Gasteiger partial charge in [-0.2, -0.15) is 0 Å². The standard InChI is InChI=1S/C22H32O2.C20H32O2/c1-2-3-4-5-6-7-8-9-10-11-12-13-14-15-16-17-18-19-20-21-22(23)24;1-2-3-4-5-6-7-8-9-10-11-12-13-14-15-16-17-18-19-20(21)22/h10-21H,2-9H2,1H3,(H,23,24);12-19H,2-11H2,1H3,(H,21,22). The van der Waals surface area contributed by atoms with Crippen molar-refractivity contribution in [3.05, 3.63) is 122 Å². The first-order chi connectivity index (χ1) is 22.5. The Morgan fingerprint density at radius 2 is 0.587 bits per heavy atom. The number of hydrogen-bond donors (Lipinski definition) is 2. The Morgan fingerprint density at radius 1 is 0.348 bits per heavy atom. The lowest BCUT2D eigenvalue weighted by molar-refractivity contribution is -0.132. The maximum Gasteiger partial charge on any atom is 0.328 e. The third-order valence-corrected chi connectivity index (χ3v) is 6.75. The highest BCUT2D eigenvalue weighted by atomic mass is 16.4. The van der Waals surface area contributed by atoms with Gasteiger partial charge < -0.3 is 10.2 Å². The Hall–Kier alpha value is -3.66. The van der Waals surface area contributed by atoms with Gasteiger partial charge in [-0.15, -0.1) is 0 Å². The van der Waals surface area contributed by atoms with Crippen LogP contribution in [0.25, 0.3) is 0 Å². The zero-order chi connectivity index (χ0) is 34.0. The maximum atomic E-state index is 10.2. The Labute approximate surface area is 282 Å². The Balaban J connectivity index is 0. The van der Waals surface area contributed by atoms with E-state index in [1.54, 1.807) is 18.2 Å². The summed E-state index contributed by atoms with van der Waals surface area (Å²) in [5, 5.41) is 16.8. The summed E-state index contributed by atoms with van der Waals surface area (Å²) in [4.78, 5) is 20.4. The second-order valence-corrected chi connectivity index (χ2v) is 11.1. The van der Waals surface area contributed by atoms with Gasteiger partial charge in [0.25, 0.3) is 0 Å². The number of carboxylic acid groups (broad SMARTS) is 2. The quantitative estimate of drug-likeness (QED) is 0.0511. The van der Waals surface area contributed by atoms with E-state index >= 15 is 0 Å². The smallest absolute Gasteiger partial charge is 0.328 e. The zero-order valence-corrected chi connectivity index (χ0v) is 29.0. The highest BCUT2D eigenvalue weighted by Crippen LogP contribution is 2.11. The molecule has 0 saturated heterocycles. The number of unbranched alkanes of at least 4 members (excludes halogenated alkanes) is 16. The molecule has 4 heteroatoms. The molecule has 0 saturated carbocycles. The van der Waals surface area contributed by atoms with E-state index in [1.807, 2.05) is 54.7 Å². The van der Waals surface area contributed by atoms with E-state index in [0.29, 0.717) is 0 Å². The number of carboxylic acids is 2. The maximum absolute atomic E-state index is 10.2. The molecule has 0 aromatic heterocycles. The van der Waals surface area contributed by atoms with Gasteiger partial charge >= 0.3 is 11.9 Å². The number of rotatable bonds is 28. The van der Waals surface area contributed by atoms with Crippen LogP contribution < -0.4 is 0 Å². The predicted octanol–water partition coefficient (Wildman–Crippen LogP) is 12.8. The Bertz CT molecular complexity index is 983. The summed E-state index contributed by atoms with van der Waals surface area (Å²) in [5.41, 5.74) is 0. The van der Waals surface area contributed by atoms with Gasteiger partial charge in [0, 0.05) is 12.2 Å². The summed E-state index contributed by atoms with van der Waals surface area (Å²) < 4.78 is 0. The van der Waals surface area contributed by atoms with Crippen LogP contribution >= 0.6 is 0 Å². The second kappa shape index (κ2) is 41.3. The predicted molar refractivity (Wildman–Crippen MR) is 201 cm³/mol. The minimum absolute atomic E-state index is 0.922. The average Bonchev–Trinajstić information content (AvgIpc) is 3.03. The molecule has 0 unspecified atom stereocenters. The summed E-state index contributed by atoms with van der Waals surface area (Å²) >= 11 is 0. The monoisotopic (exact) mass is 632 g/mol. The minimum Gasteiger partial charge on any atom is -0.478 e. The van der Waals surface area contributed by atoms with E-state index in [-0.39, 0.29) is 0 Å². The lowest BCUT2D eigenvalue weighted by Gasteiger charge is -2.00. The van der Waals surface area contributed by atoms with Crippen molar-refractivity contribution < 1.29 is 19.8 Å². The molecular formula is C42H64O4. The first kappa shape index (κ1) is 44.5. The SMILES string of the molecule is CCCCCCCCCC=CC=CC=CC=CC=CC=CC(=O)O.CCCCCCCCCCCC=CC=CC=CC=CC(=O)O. The first-order valence-electron chi connectivity index (χ1n) is 17.7. The normalized spacial score (nSPS) is 12.7. The van der Waals surface area contributed by atoms with Crippen LogP contribution in [-0.2, 0) is 9.59 Å². The molecule has 0 heterocycles. The molecule has 256 valence electrons. The van der Waals surface area contributed by atoms with Gasteiger partial charge in [-0.05, 0) is 25.7 Å². The molecule has 0 rings (SSSR count). The topological polar surface area (TPSA) is 74.6 Å². The fraction of sp³-hybridized carbons (Fsp3) is 0.476. The van der Waals surface area contributed by atoms with E-state index < -0.39 is 11.9 Å². The molecule has 0 aromatic rings. The fourth-order valence-electron chi connectivity index (χ4n) is 4.19. The largest absolute Gasteiger partial charge is 0.478 e. The molecule has 0 aromatic carbocycles. The molecule has 2 N–H and O–H groups in total. The van der Waals surface area contributed by atoms with Crippen molar-refractivity contribution in [3.8, 4) is 0 Å². The molecule has 0 atom stereocenters. The first-order valence-corrected chi connectivity index (χ1v) is 17.7. The molecule has 0 bridgehead atoms. The van der Waals surface area contributed by atoms with Crippen molar-refractivity contribution in [2.45, 2.75) is 129 Å². The van der Waals surface area contributed by atoms with Crippen molar-refractivity contribution in [1.29, 1.82) is 0 Å². The van der Waals surface area contributed by atoms with Crippen LogP contribution in [0.2, 0.25) is 0 Å². The lowest BCUT2D eigenvalue weighted by Crippen LogP contribution is -1.84. The molecule has 0 radical (unpaired) electrons. The molecule has 0 amide bonds. The molecule has 0 fully saturated rings. The fourth-order valence-corrected chi connectivity index (χ4v) is 4.19. The van der Waals surface area contributed by atoms with Crippen LogP contribution in [0.15, 0.2) is 122 Å². The number of hydrogen-bond acceptors (Lipinski definition) is 2. The lowest BCUT2D eigenvalue weighted by atomic mass is 10.1. The zero-order valence-electron chi connectivity index (χ0n) is 29.0. The van der Waals surface area contributed by atoms with Crippen molar-refractivity contribution in [2.75, 3.05) is 0 Å². The van der Waals surface area contributed by atoms with E-state index in [1.165, 1.54) is 115 Å². The molecule has 0 aliphatic rings. The Morgan fingerprint density at radius 3 is 0.870 bits per heavy atom. The highest BCUT2D eigenvalue weighted by Gasteiger charge is 1.91. The summed E-state index contributed by atoms with van der Waals surface area (Å²) in [6, 6.07) is 0. The van der Waals surface area contributed by atoms with Crippen molar-refractivity contribution >= 4 is 11.9 Å². The van der Waals surface area contributed by atoms with E-state index in [4.69, 9.17) is 10.2 Å². The van der Waals surface area contributed by atoms with E-state index in [9.17, 15) is 9.59 Å². The number of allylic oxidation sites excluding steroid dienone is 18. The van der Waals surface area contributed by atoms with Gasteiger partial charge in [0.2, 0.25) is 0 Å². The summed E-state index contributed by atoms with van der Waals surface area (Å²) in [6.07, 6.45) is 60.5. The number of carbonyl (C=O) groups is 2. The van der Waals surface area contributed by atoms with Crippen LogP contribution in [0.3, 0.4) is 0 Å². The minimum atomic E-state index is -0.936. The third kappa shape index (κ3) is 47.3. The molecule has 46 heavy (non-hydrogen) atoms. The van der Waals surface area contributed by atoms with E-state index in [0.717, 1.165) is 25.0 Å². The summed E-state index contributed by atoms with van der Waals surface area (Å²) in [6.45, 7) is 4.51. The van der Waals surface area contributed by atoms with Crippen molar-refractivity contribution in [1.82, 2.24) is 0 Å². The molecular weight excluding hydrogens is 568 g/mol. The van der Waals surface area contributed by atoms with Crippen LogP contribution in [0, 0.1) is 0 Å². The molecule has 4 nitrogen and oxygen atoms in total. The van der Waals surface area contributed by atoms with Crippen LogP contribution in [0.4, 0.5) is 0 Å². The van der Waals surface area contributed by atoms with E-state index in [2.05, 4.69) is 38.2 Å². The Kier molecular flexibility index (Phi) is 40.0. The molecule has 0 spiro atoms. The molecule has 0 aliphatic carbocycles. The van der Waals surface area contributed by atoms with Gasteiger partial charge in [-0.3, -0.25) is 0 Å². The van der Waals surface area contributed by atoms with Crippen molar-refractivity contribution in [3.63, 3.8) is 0 Å². The van der Waals surface area contributed by atoms with Gasteiger partial charge in [0.05, 0.1) is 0 Å². The summed E-state index contributed by atoms with van der Waals surface area (Å²) in [5.74, 6) is -1.86. The third-order valence-electron chi connectivity index (χ3n) is 6.75. The highest BCUT2D eigenvalue weighted by molar-refractivity contribution is 5.80. The van der Waals surface area contributed by atoms with Gasteiger partial charge in [0.1, 0.15) is 0 Å². The second-order valence-electron chi connectivity index (χ2n) is 11.1. The summed E-state index contributed by atoms with van der Waals surface area (Å²) in [7, 11) is 0. The van der Waals surface area contributed by atoms with Crippen LogP contribution in [0.1, 0.15) is 129 Å². The average molecular weight is 633 g/mol. The van der Waals surface area contributed by atoms with Gasteiger partial charge in [-0.25, -0.2) is 9.59 Å². The van der Waals surface area contributed by atoms with Crippen molar-refractivity contribution in [2.24, 2.45) is 0 Å². The van der Waals surface area contributed by atoms with Gasteiger partial charge in [0.15, 0.2) is 0 Å². The number of aliphatic carboxylic acids is 2.